The fraction of sp³-hybridized carbons (Fsp3) is 0.818. The highest BCUT2D eigenvalue weighted by Gasteiger charge is 2.60. The quantitative estimate of drug-likeness (QED) is 0.613. The van der Waals surface area contributed by atoms with Gasteiger partial charge in [0.05, 0.1) is 0 Å². The van der Waals surface area contributed by atoms with Gasteiger partial charge in [0.25, 0.3) is 0 Å². The van der Waals surface area contributed by atoms with E-state index in [4.69, 9.17) is 4.74 Å². The number of hydrogen-bond donors (Lipinski definition) is 0. The van der Waals surface area contributed by atoms with Gasteiger partial charge in [-0.2, -0.15) is 0 Å². The number of carbonyl (C=O) groups is 2. The van der Waals surface area contributed by atoms with Crippen LogP contribution < -0.4 is 0 Å². The Bertz CT molecular complexity index is 312. The van der Waals surface area contributed by atoms with Crippen LogP contribution in [-0.4, -0.2) is 34.5 Å². The van der Waals surface area contributed by atoms with Gasteiger partial charge in [0.1, 0.15) is 11.1 Å². The van der Waals surface area contributed by atoms with Crippen LogP contribution in [0.5, 0.6) is 0 Å². The van der Waals surface area contributed by atoms with E-state index in [1.165, 1.54) is 0 Å². The molecular formula is C11H17NO3. The number of rotatable bonds is 0. The molecule has 2 fully saturated rings. The molecule has 1 spiro atoms. The molecule has 0 unspecified atom stereocenters. The van der Waals surface area contributed by atoms with Gasteiger partial charge in [-0.05, 0) is 33.6 Å². The number of likely N-dealkylation sites (tertiary alicyclic amines) is 1. The van der Waals surface area contributed by atoms with Crippen LogP contribution in [0.15, 0.2) is 0 Å². The topological polar surface area (TPSA) is 46.6 Å². The van der Waals surface area contributed by atoms with Crippen molar-refractivity contribution in [2.75, 3.05) is 6.54 Å². The van der Waals surface area contributed by atoms with E-state index in [0.29, 0.717) is 13.0 Å². The predicted octanol–water partition coefficient (Wildman–Crippen LogP) is 1.73. The summed E-state index contributed by atoms with van der Waals surface area (Å²) in [6.45, 7) is 6.03. The van der Waals surface area contributed by atoms with Crippen LogP contribution >= 0.6 is 0 Å². The first kappa shape index (κ1) is 10.5. The first-order chi connectivity index (χ1) is 6.85. The number of Topliss-reactive ketones (excluding diaryl/α,β-unsaturated/α-hetero) is 1. The van der Waals surface area contributed by atoms with Crippen molar-refractivity contribution in [3.05, 3.63) is 0 Å². The Morgan fingerprint density at radius 2 is 2.00 bits per heavy atom. The second-order valence-electron chi connectivity index (χ2n) is 5.34. The van der Waals surface area contributed by atoms with Crippen LogP contribution in [0.4, 0.5) is 4.79 Å². The van der Waals surface area contributed by atoms with Crippen LogP contribution in [0.3, 0.4) is 0 Å². The summed E-state index contributed by atoms with van der Waals surface area (Å²) in [5, 5.41) is 0. The average Bonchev–Trinajstić information content (AvgIpc) is 2.75. The van der Waals surface area contributed by atoms with E-state index in [0.717, 1.165) is 12.8 Å². The molecule has 0 N–H and O–H groups in total. The van der Waals surface area contributed by atoms with Crippen LogP contribution in [0, 0.1) is 0 Å². The monoisotopic (exact) mass is 211 g/mol. The number of nitrogens with zero attached hydrogens (tertiary/aromatic N) is 1. The zero-order chi connectivity index (χ0) is 11.3. The molecule has 15 heavy (non-hydrogen) atoms. The summed E-state index contributed by atoms with van der Waals surface area (Å²) in [7, 11) is 0. The standard InChI is InChI=1S/C11H17NO3/c1-10(2,3)15-9(14)12-7-4-8(13)11(12)5-6-11/h4-7H2,1-3H3. The highest BCUT2D eigenvalue weighted by atomic mass is 16.6. The van der Waals surface area contributed by atoms with Gasteiger partial charge in [-0.15, -0.1) is 0 Å². The molecule has 0 aromatic carbocycles. The van der Waals surface area contributed by atoms with Gasteiger partial charge in [-0.3, -0.25) is 9.69 Å². The minimum absolute atomic E-state index is 0.202. The maximum Gasteiger partial charge on any atom is 0.411 e. The molecule has 4 nitrogen and oxygen atoms in total. The molecule has 1 amide bonds. The van der Waals surface area contributed by atoms with Crippen molar-refractivity contribution in [1.29, 1.82) is 0 Å². The molecule has 0 radical (unpaired) electrons. The summed E-state index contributed by atoms with van der Waals surface area (Å²) in [6, 6.07) is 0. The Hall–Kier alpha value is -1.06. The second-order valence-corrected chi connectivity index (χ2v) is 5.34. The Morgan fingerprint density at radius 1 is 1.40 bits per heavy atom. The summed E-state index contributed by atoms with van der Waals surface area (Å²) in [4.78, 5) is 25.0. The lowest BCUT2D eigenvalue weighted by Crippen LogP contribution is -2.43. The summed E-state index contributed by atoms with van der Waals surface area (Å²) in [5.41, 5.74) is -0.957. The molecule has 0 aromatic rings. The molecule has 2 aliphatic rings. The van der Waals surface area contributed by atoms with Gasteiger partial charge >= 0.3 is 6.09 Å². The van der Waals surface area contributed by atoms with Crippen molar-refractivity contribution in [3.8, 4) is 0 Å². The molecule has 0 bridgehead atoms. The van der Waals surface area contributed by atoms with Crippen molar-refractivity contribution in [3.63, 3.8) is 0 Å². The molecule has 0 aromatic heterocycles. The summed E-state index contributed by atoms with van der Waals surface area (Å²) in [5.74, 6) is 0.202. The van der Waals surface area contributed by atoms with Crippen molar-refractivity contribution in [1.82, 2.24) is 4.90 Å². The molecule has 1 aliphatic carbocycles. The molecular weight excluding hydrogens is 194 g/mol. The third-order valence-electron chi connectivity index (χ3n) is 2.94. The minimum Gasteiger partial charge on any atom is -0.444 e. The maximum absolute atomic E-state index is 11.8. The Morgan fingerprint density at radius 3 is 2.47 bits per heavy atom. The second kappa shape index (κ2) is 2.97. The van der Waals surface area contributed by atoms with Gasteiger partial charge < -0.3 is 4.74 Å². The van der Waals surface area contributed by atoms with E-state index < -0.39 is 11.1 Å². The predicted molar refractivity (Wildman–Crippen MR) is 54.5 cm³/mol. The van der Waals surface area contributed by atoms with Crippen molar-refractivity contribution >= 4 is 11.9 Å². The van der Waals surface area contributed by atoms with E-state index in [9.17, 15) is 9.59 Å². The van der Waals surface area contributed by atoms with Crippen LogP contribution in [0.2, 0.25) is 0 Å². The highest BCUT2D eigenvalue weighted by Crippen LogP contribution is 2.47. The summed E-state index contributed by atoms with van der Waals surface area (Å²) in [6.07, 6.45) is 1.76. The third kappa shape index (κ3) is 1.73. The summed E-state index contributed by atoms with van der Waals surface area (Å²) >= 11 is 0. The Balaban J connectivity index is 2.06. The number of amides is 1. The number of ketones is 1. The molecule has 2 rings (SSSR count). The SMILES string of the molecule is CC(C)(C)OC(=O)N1CCC(=O)C12CC2. The van der Waals surface area contributed by atoms with Crippen LogP contribution in [-0.2, 0) is 9.53 Å². The zero-order valence-corrected chi connectivity index (χ0v) is 9.50. The van der Waals surface area contributed by atoms with Gasteiger partial charge in [-0.25, -0.2) is 4.79 Å². The number of carbonyl (C=O) groups excluding carboxylic acids is 2. The number of ether oxygens (including phenoxy) is 1. The fourth-order valence-electron chi connectivity index (χ4n) is 2.06. The largest absolute Gasteiger partial charge is 0.444 e. The van der Waals surface area contributed by atoms with Gasteiger partial charge in [0.2, 0.25) is 0 Å². The number of hydrogen-bond acceptors (Lipinski definition) is 3. The van der Waals surface area contributed by atoms with Gasteiger partial charge in [0.15, 0.2) is 5.78 Å². The molecule has 4 heteroatoms. The molecule has 1 saturated carbocycles. The first-order valence-corrected chi connectivity index (χ1v) is 5.39. The van der Waals surface area contributed by atoms with E-state index in [2.05, 4.69) is 0 Å². The molecule has 1 heterocycles. The highest BCUT2D eigenvalue weighted by molar-refractivity contribution is 5.97. The molecule has 84 valence electrons. The van der Waals surface area contributed by atoms with E-state index in [1.807, 2.05) is 20.8 Å². The fourth-order valence-corrected chi connectivity index (χ4v) is 2.06. The lowest BCUT2D eigenvalue weighted by Gasteiger charge is -2.27. The van der Waals surface area contributed by atoms with Crippen molar-refractivity contribution in [2.45, 2.75) is 51.2 Å². The summed E-state index contributed by atoms with van der Waals surface area (Å²) < 4.78 is 5.28. The normalized spacial score (nSPS) is 23.4. The molecule has 1 saturated heterocycles. The smallest absolute Gasteiger partial charge is 0.411 e. The molecule has 0 atom stereocenters. The minimum atomic E-state index is -0.487. The zero-order valence-electron chi connectivity index (χ0n) is 9.50. The maximum atomic E-state index is 11.8. The Labute approximate surface area is 89.6 Å². The third-order valence-corrected chi connectivity index (χ3v) is 2.94. The van der Waals surface area contributed by atoms with E-state index in [1.54, 1.807) is 4.90 Å². The van der Waals surface area contributed by atoms with E-state index >= 15 is 0 Å². The lowest BCUT2D eigenvalue weighted by atomic mass is 10.2. The van der Waals surface area contributed by atoms with Crippen LogP contribution in [0.1, 0.15) is 40.0 Å². The Kier molecular flexibility index (Phi) is 2.07. The lowest BCUT2D eigenvalue weighted by molar-refractivity contribution is -0.121. The average molecular weight is 211 g/mol. The van der Waals surface area contributed by atoms with Crippen LogP contribution in [0.25, 0.3) is 0 Å². The van der Waals surface area contributed by atoms with Crippen molar-refractivity contribution in [2.24, 2.45) is 0 Å². The van der Waals surface area contributed by atoms with E-state index in [-0.39, 0.29) is 11.9 Å². The van der Waals surface area contributed by atoms with Gasteiger partial charge in [-0.1, -0.05) is 0 Å². The van der Waals surface area contributed by atoms with Crippen molar-refractivity contribution < 1.29 is 14.3 Å². The van der Waals surface area contributed by atoms with Gasteiger partial charge in [0, 0.05) is 13.0 Å². The first-order valence-electron chi connectivity index (χ1n) is 5.39. The molecule has 1 aliphatic heterocycles.